The first-order valence-electron chi connectivity index (χ1n) is 6.24. The van der Waals surface area contributed by atoms with Crippen molar-refractivity contribution in [2.45, 2.75) is 26.0 Å². The molecule has 5 nitrogen and oxygen atoms in total. The maximum absolute atomic E-state index is 9.30. The molecule has 0 aliphatic rings. The lowest BCUT2D eigenvalue weighted by Gasteiger charge is -2.19. The van der Waals surface area contributed by atoms with Gasteiger partial charge in [0.05, 0.1) is 27.4 Å². The molecule has 2 N–H and O–H groups in total. The van der Waals surface area contributed by atoms with Crippen LogP contribution in [0.4, 0.5) is 0 Å². The van der Waals surface area contributed by atoms with E-state index in [-0.39, 0.29) is 12.1 Å². The monoisotopic (exact) mass is 269 g/mol. The highest BCUT2D eigenvalue weighted by molar-refractivity contribution is 5.54. The molecule has 0 aliphatic carbocycles. The molecule has 108 valence electrons. The number of nitrogens with one attached hydrogen (secondary N) is 1. The lowest BCUT2D eigenvalue weighted by atomic mass is 10.1. The van der Waals surface area contributed by atoms with Crippen molar-refractivity contribution in [2.75, 3.05) is 27.9 Å². The second-order valence-corrected chi connectivity index (χ2v) is 4.44. The minimum absolute atomic E-state index is 0.0725. The van der Waals surface area contributed by atoms with Gasteiger partial charge in [-0.3, -0.25) is 0 Å². The molecule has 1 aromatic rings. The summed E-state index contributed by atoms with van der Waals surface area (Å²) in [6.07, 6.45) is -0.385. The van der Waals surface area contributed by atoms with E-state index >= 15 is 0 Å². The van der Waals surface area contributed by atoms with Gasteiger partial charge in [-0.2, -0.15) is 0 Å². The van der Waals surface area contributed by atoms with Crippen molar-refractivity contribution < 1.29 is 19.3 Å². The largest absolute Gasteiger partial charge is 0.493 e. The Balaban J connectivity index is 3.01. The third kappa shape index (κ3) is 4.01. The highest BCUT2D eigenvalue weighted by Crippen LogP contribution is 2.39. The molecule has 1 aromatic carbocycles. The van der Waals surface area contributed by atoms with Gasteiger partial charge in [-0.15, -0.1) is 0 Å². The molecule has 19 heavy (non-hydrogen) atoms. The molecular formula is C14H23NO4. The van der Waals surface area contributed by atoms with Gasteiger partial charge >= 0.3 is 0 Å². The second kappa shape index (κ2) is 7.21. The number of rotatable bonds is 7. The zero-order chi connectivity index (χ0) is 14.4. The van der Waals surface area contributed by atoms with Crippen LogP contribution in [0.3, 0.4) is 0 Å². The highest BCUT2D eigenvalue weighted by Gasteiger charge is 2.16. The molecular weight excluding hydrogens is 246 g/mol. The molecule has 0 saturated heterocycles. The Hall–Kier alpha value is -1.46. The summed E-state index contributed by atoms with van der Waals surface area (Å²) in [5.74, 6) is 1.83. The minimum atomic E-state index is -0.385. The van der Waals surface area contributed by atoms with Crippen molar-refractivity contribution >= 4 is 0 Å². The Morgan fingerprint density at radius 1 is 1.05 bits per heavy atom. The molecule has 0 amide bonds. The maximum atomic E-state index is 9.30. The molecule has 0 aromatic heterocycles. The fourth-order valence-electron chi connectivity index (χ4n) is 1.82. The van der Waals surface area contributed by atoms with Gasteiger partial charge in [-0.25, -0.2) is 0 Å². The Morgan fingerprint density at radius 2 is 1.58 bits per heavy atom. The van der Waals surface area contributed by atoms with Crippen LogP contribution >= 0.6 is 0 Å². The van der Waals surface area contributed by atoms with Gasteiger partial charge in [0, 0.05) is 12.6 Å². The smallest absolute Gasteiger partial charge is 0.203 e. The molecule has 0 fully saturated rings. The van der Waals surface area contributed by atoms with Crippen LogP contribution in [0.15, 0.2) is 12.1 Å². The lowest BCUT2D eigenvalue weighted by molar-refractivity contribution is 0.187. The summed E-state index contributed by atoms with van der Waals surface area (Å²) in [7, 11) is 4.76. The quantitative estimate of drug-likeness (QED) is 0.789. The Kier molecular flexibility index (Phi) is 5.92. The third-order valence-corrected chi connectivity index (χ3v) is 2.91. The van der Waals surface area contributed by atoms with E-state index in [9.17, 15) is 5.11 Å². The van der Waals surface area contributed by atoms with Gasteiger partial charge in [0.2, 0.25) is 5.75 Å². The van der Waals surface area contributed by atoms with Crippen molar-refractivity contribution in [1.29, 1.82) is 0 Å². The normalized spacial score (nSPS) is 13.8. The van der Waals surface area contributed by atoms with Crippen LogP contribution in [-0.4, -0.2) is 39.1 Å². The van der Waals surface area contributed by atoms with Crippen LogP contribution in [0, 0.1) is 0 Å². The van der Waals surface area contributed by atoms with E-state index in [1.807, 2.05) is 19.1 Å². The minimum Gasteiger partial charge on any atom is -0.493 e. The molecule has 0 aliphatic heterocycles. The Morgan fingerprint density at radius 3 is 1.95 bits per heavy atom. The van der Waals surface area contributed by atoms with Gasteiger partial charge in [0.15, 0.2) is 11.5 Å². The SMILES string of the molecule is COc1cc(C(C)NCC(C)O)cc(OC)c1OC. The van der Waals surface area contributed by atoms with E-state index in [1.54, 1.807) is 28.3 Å². The summed E-state index contributed by atoms with van der Waals surface area (Å²) < 4.78 is 15.9. The molecule has 0 radical (unpaired) electrons. The molecule has 0 spiro atoms. The van der Waals surface area contributed by atoms with Crippen molar-refractivity contribution in [3.63, 3.8) is 0 Å². The predicted octanol–water partition coefficient (Wildman–Crippen LogP) is 1.74. The van der Waals surface area contributed by atoms with Crippen LogP contribution in [0.1, 0.15) is 25.5 Å². The lowest BCUT2D eigenvalue weighted by Crippen LogP contribution is -2.27. The zero-order valence-corrected chi connectivity index (χ0v) is 12.2. The first kappa shape index (κ1) is 15.6. The van der Waals surface area contributed by atoms with Crippen LogP contribution in [-0.2, 0) is 0 Å². The van der Waals surface area contributed by atoms with E-state index in [0.29, 0.717) is 23.8 Å². The summed E-state index contributed by atoms with van der Waals surface area (Å²) in [4.78, 5) is 0. The summed E-state index contributed by atoms with van der Waals surface area (Å²) in [6.45, 7) is 4.29. The van der Waals surface area contributed by atoms with Gasteiger partial charge in [-0.05, 0) is 31.5 Å². The molecule has 0 bridgehead atoms. The average molecular weight is 269 g/mol. The fourth-order valence-corrected chi connectivity index (χ4v) is 1.82. The van der Waals surface area contributed by atoms with Crippen LogP contribution < -0.4 is 19.5 Å². The van der Waals surface area contributed by atoms with Crippen LogP contribution in [0.5, 0.6) is 17.2 Å². The number of hydrogen-bond donors (Lipinski definition) is 2. The number of aliphatic hydroxyl groups excluding tert-OH is 1. The number of aliphatic hydroxyl groups is 1. The fraction of sp³-hybridized carbons (Fsp3) is 0.571. The van der Waals surface area contributed by atoms with Crippen molar-refractivity contribution in [1.82, 2.24) is 5.32 Å². The van der Waals surface area contributed by atoms with Crippen LogP contribution in [0.2, 0.25) is 0 Å². The summed E-state index contributed by atoms with van der Waals surface area (Å²) in [6, 6.07) is 3.88. The first-order valence-corrected chi connectivity index (χ1v) is 6.24. The molecule has 2 atom stereocenters. The van der Waals surface area contributed by atoms with Gasteiger partial charge in [0.25, 0.3) is 0 Å². The Bertz CT molecular complexity index is 381. The first-order chi connectivity index (χ1) is 9.03. The number of benzene rings is 1. The zero-order valence-electron chi connectivity index (χ0n) is 12.2. The third-order valence-electron chi connectivity index (χ3n) is 2.91. The van der Waals surface area contributed by atoms with E-state index in [4.69, 9.17) is 14.2 Å². The summed E-state index contributed by atoms with van der Waals surface area (Å²) in [5.41, 5.74) is 1.01. The van der Waals surface area contributed by atoms with Crippen molar-refractivity contribution in [2.24, 2.45) is 0 Å². The summed E-state index contributed by atoms with van der Waals surface area (Å²) in [5, 5.41) is 12.5. The molecule has 5 heteroatoms. The topological polar surface area (TPSA) is 60.0 Å². The molecule has 0 heterocycles. The number of ether oxygens (including phenoxy) is 3. The Labute approximate surface area is 114 Å². The van der Waals surface area contributed by atoms with E-state index in [1.165, 1.54) is 0 Å². The van der Waals surface area contributed by atoms with Gasteiger partial charge in [-0.1, -0.05) is 0 Å². The van der Waals surface area contributed by atoms with E-state index < -0.39 is 0 Å². The van der Waals surface area contributed by atoms with Gasteiger partial charge in [0.1, 0.15) is 0 Å². The second-order valence-electron chi connectivity index (χ2n) is 4.44. The number of hydrogen-bond acceptors (Lipinski definition) is 5. The maximum Gasteiger partial charge on any atom is 0.203 e. The highest BCUT2D eigenvalue weighted by atomic mass is 16.5. The molecule has 2 unspecified atom stereocenters. The van der Waals surface area contributed by atoms with E-state index in [0.717, 1.165) is 5.56 Å². The predicted molar refractivity (Wildman–Crippen MR) is 74.2 cm³/mol. The summed E-state index contributed by atoms with van der Waals surface area (Å²) >= 11 is 0. The standard InChI is InChI=1S/C14H23NO4/c1-9(16)8-15-10(2)11-6-12(17-3)14(19-5)13(7-11)18-4/h6-7,9-10,15-16H,8H2,1-5H3. The molecule has 0 saturated carbocycles. The average Bonchev–Trinajstić information content (AvgIpc) is 2.42. The van der Waals surface area contributed by atoms with Crippen molar-refractivity contribution in [3.05, 3.63) is 17.7 Å². The molecule has 1 rings (SSSR count). The number of methoxy groups -OCH3 is 3. The van der Waals surface area contributed by atoms with Crippen LogP contribution in [0.25, 0.3) is 0 Å². The van der Waals surface area contributed by atoms with E-state index in [2.05, 4.69) is 5.32 Å². The van der Waals surface area contributed by atoms with Crippen molar-refractivity contribution in [3.8, 4) is 17.2 Å². The van der Waals surface area contributed by atoms with Gasteiger partial charge < -0.3 is 24.6 Å².